The smallest absolute Gasteiger partial charge is 0.346 e. The lowest BCUT2D eigenvalue weighted by Crippen LogP contribution is -2.24. The van der Waals surface area contributed by atoms with Crippen LogP contribution in [-0.4, -0.2) is 6.29 Å². The first-order valence-electron chi connectivity index (χ1n) is 5.71. The van der Waals surface area contributed by atoms with Gasteiger partial charge in [0, 0.05) is 5.41 Å². The monoisotopic (exact) mass is 236 g/mol. The van der Waals surface area contributed by atoms with Gasteiger partial charge in [0.15, 0.2) is 6.29 Å². The van der Waals surface area contributed by atoms with E-state index in [0.717, 1.165) is 5.56 Å². The van der Waals surface area contributed by atoms with E-state index in [-0.39, 0.29) is 16.4 Å². The van der Waals surface area contributed by atoms with Crippen LogP contribution in [0.5, 0.6) is 0 Å². The van der Waals surface area contributed by atoms with Gasteiger partial charge in [0.05, 0.1) is 0 Å². The Bertz CT molecular complexity index is 482. The fourth-order valence-corrected chi connectivity index (χ4v) is 1.60. The molecule has 1 aromatic heterocycles. The van der Waals surface area contributed by atoms with Gasteiger partial charge in [-0.3, -0.25) is 4.79 Å². The summed E-state index contributed by atoms with van der Waals surface area (Å²) in [6.07, 6.45) is 0.582. The lowest BCUT2D eigenvalue weighted by molar-refractivity contribution is 0.111. The van der Waals surface area contributed by atoms with Crippen molar-refractivity contribution < 1.29 is 9.21 Å². The second-order valence-electron chi connectivity index (χ2n) is 6.34. The van der Waals surface area contributed by atoms with Gasteiger partial charge in [0.25, 0.3) is 0 Å². The average Bonchev–Trinajstić information content (AvgIpc) is 2.13. The van der Waals surface area contributed by atoms with Gasteiger partial charge in [-0.1, -0.05) is 41.5 Å². The molecule has 0 radical (unpaired) electrons. The van der Waals surface area contributed by atoms with E-state index in [1.807, 2.05) is 47.6 Å². The summed E-state index contributed by atoms with van der Waals surface area (Å²) in [5.74, 6) is 0.609. The molecule has 0 N–H and O–H groups in total. The normalized spacial score (nSPS) is 12.6. The maximum Gasteiger partial charge on any atom is 0.346 e. The van der Waals surface area contributed by atoms with Crippen LogP contribution in [0.25, 0.3) is 0 Å². The van der Waals surface area contributed by atoms with Crippen LogP contribution in [0.3, 0.4) is 0 Å². The number of aldehydes is 1. The molecular weight excluding hydrogens is 216 g/mol. The lowest BCUT2D eigenvalue weighted by Gasteiger charge is -2.24. The second kappa shape index (κ2) is 4.13. The van der Waals surface area contributed by atoms with Gasteiger partial charge >= 0.3 is 5.63 Å². The second-order valence-corrected chi connectivity index (χ2v) is 6.34. The first-order valence-corrected chi connectivity index (χ1v) is 5.71. The third-order valence-electron chi connectivity index (χ3n) is 2.65. The first-order chi connectivity index (χ1) is 7.57. The highest BCUT2D eigenvalue weighted by Crippen LogP contribution is 2.28. The van der Waals surface area contributed by atoms with Crippen molar-refractivity contribution in [1.29, 1.82) is 0 Å². The van der Waals surface area contributed by atoms with Crippen LogP contribution in [0, 0.1) is 0 Å². The van der Waals surface area contributed by atoms with Crippen LogP contribution in [0.1, 0.15) is 63.2 Å². The first kappa shape index (κ1) is 13.7. The Morgan fingerprint density at radius 1 is 1.06 bits per heavy atom. The topological polar surface area (TPSA) is 47.3 Å². The average molecular weight is 236 g/mol. The van der Waals surface area contributed by atoms with Crippen LogP contribution in [0.4, 0.5) is 0 Å². The summed E-state index contributed by atoms with van der Waals surface area (Å²) in [5, 5.41) is 0. The zero-order valence-corrected chi connectivity index (χ0v) is 11.4. The Morgan fingerprint density at radius 2 is 1.59 bits per heavy atom. The van der Waals surface area contributed by atoms with Gasteiger partial charge in [0.2, 0.25) is 0 Å². The summed E-state index contributed by atoms with van der Waals surface area (Å²) in [7, 11) is 0. The molecule has 1 rings (SSSR count). The summed E-state index contributed by atoms with van der Waals surface area (Å²) in [6, 6.07) is 1.82. The summed E-state index contributed by atoms with van der Waals surface area (Å²) in [4.78, 5) is 22.8. The predicted octanol–water partition coefficient (Wildman–Crippen LogP) is 3.05. The van der Waals surface area contributed by atoms with Crippen molar-refractivity contribution >= 4 is 6.29 Å². The third-order valence-corrected chi connectivity index (χ3v) is 2.65. The van der Waals surface area contributed by atoms with E-state index in [1.54, 1.807) is 0 Å². The van der Waals surface area contributed by atoms with Crippen molar-refractivity contribution in [3.05, 3.63) is 33.4 Å². The molecule has 0 amide bonds. The molecule has 3 nitrogen and oxygen atoms in total. The molecule has 0 aliphatic rings. The van der Waals surface area contributed by atoms with Crippen LogP contribution < -0.4 is 5.63 Å². The van der Waals surface area contributed by atoms with Crippen LogP contribution in [0.2, 0.25) is 0 Å². The van der Waals surface area contributed by atoms with Gasteiger partial charge in [0.1, 0.15) is 11.3 Å². The maximum atomic E-state index is 11.8. The quantitative estimate of drug-likeness (QED) is 0.704. The van der Waals surface area contributed by atoms with Gasteiger partial charge < -0.3 is 4.42 Å². The Hall–Kier alpha value is -1.38. The highest BCUT2D eigenvalue weighted by Gasteiger charge is 2.26. The van der Waals surface area contributed by atoms with E-state index in [1.165, 1.54) is 0 Å². The molecule has 0 saturated carbocycles. The number of rotatable bonds is 1. The van der Waals surface area contributed by atoms with Gasteiger partial charge in [-0.2, -0.15) is 0 Å². The molecule has 0 unspecified atom stereocenters. The molecule has 3 heteroatoms. The Balaban J connectivity index is 3.63. The number of carbonyl (C=O) groups is 1. The highest BCUT2D eigenvalue weighted by atomic mass is 16.4. The van der Waals surface area contributed by atoms with Crippen molar-refractivity contribution in [2.24, 2.45) is 0 Å². The summed E-state index contributed by atoms with van der Waals surface area (Å²) < 4.78 is 5.21. The van der Waals surface area contributed by atoms with E-state index < -0.39 is 5.63 Å². The van der Waals surface area contributed by atoms with Crippen molar-refractivity contribution in [3.63, 3.8) is 0 Å². The number of carbonyl (C=O) groups excluding carboxylic acids is 1. The molecule has 0 aliphatic carbocycles. The zero-order valence-electron chi connectivity index (χ0n) is 11.4. The molecule has 1 aromatic rings. The fourth-order valence-electron chi connectivity index (χ4n) is 1.60. The van der Waals surface area contributed by atoms with Crippen molar-refractivity contribution in [2.75, 3.05) is 0 Å². The summed E-state index contributed by atoms with van der Waals surface area (Å²) in [5.41, 5.74) is -0.177. The van der Waals surface area contributed by atoms with E-state index in [4.69, 9.17) is 4.42 Å². The summed E-state index contributed by atoms with van der Waals surface area (Å²) in [6.45, 7) is 11.8. The minimum absolute atomic E-state index is 0.130. The van der Waals surface area contributed by atoms with Gasteiger partial charge in [-0.25, -0.2) is 4.79 Å². The number of hydrogen-bond acceptors (Lipinski definition) is 3. The van der Waals surface area contributed by atoms with Gasteiger partial charge in [-0.05, 0) is 17.0 Å². The van der Waals surface area contributed by atoms with E-state index >= 15 is 0 Å². The molecule has 94 valence electrons. The van der Waals surface area contributed by atoms with E-state index in [0.29, 0.717) is 12.0 Å². The van der Waals surface area contributed by atoms with E-state index in [9.17, 15) is 9.59 Å². The fraction of sp³-hybridized carbons (Fsp3) is 0.571. The molecule has 0 fully saturated rings. The maximum absolute atomic E-state index is 11.8. The Kier molecular flexibility index (Phi) is 3.33. The SMILES string of the molecule is CC(C)(C)c1cc(C(C)(C)C)c(C=O)c(=O)o1. The largest absolute Gasteiger partial charge is 0.427 e. The molecule has 0 bridgehead atoms. The van der Waals surface area contributed by atoms with Crippen LogP contribution in [-0.2, 0) is 10.8 Å². The van der Waals surface area contributed by atoms with Gasteiger partial charge in [-0.15, -0.1) is 0 Å². The molecule has 1 heterocycles. The molecule has 0 spiro atoms. The van der Waals surface area contributed by atoms with E-state index in [2.05, 4.69) is 0 Å². The van der Waals surface area contributed by atoms with Crippen LogP contribution >= 0.6 is 0 Å². The molecule has 0 aromatic carbocycles. The lowest BCUT2D eigenvalue weighted by atomic mass is 9.82. The summed E-state index contributed by atoms with van der Waals surface area (Å²) >= 11 is 0. The minimum Gasteiger partial charge on any atom is -0.427 e. The molecule has 0 saturated heterocycles. The van der Waals surface area contributed by atoms with Crippen LogP contribution in [0.15, 0.2) is 15.3 Å². The standard InChI is InChI=1S/C14H20O3/c1-13(2,3)10-7-11(14(4,5)6)17-12(16)9(10)8-15/h7-8H,1-6H3. The van der Waals surface area contributed by atoms with Crippen molar-refractivity contribution in [3.8, 4) is 0 Å². The Morgan fingerprint density at radius 3 is 1.94 bits per heavy atom. The Labute approximate surface area is 102 Å². The molecular formula is C14H20O3. The molecule has 17 heavy (non-hydrogen) atoms. The number of hydrogen-bond donors (Lipinski definition) is 0. The van der Waals surface area contributed by atoms with Crippen molar-refractivity contribution in [1.82, 2.24) is 0 Å². The van der Waals surface area contributed by atoms with Crippen molar-refractivity contribution in [2.45, 2.75) is 52.4 Å². The predicted molar refractivity (Wildman–Crippen MR) is 67.8 cm³/mol. The molecule has 0 atom stereocenters. The highest BCUT2D eigenvalue weighted by molar-refractivity contribution is 5.77. The minimum atomic E-state index is -0.544. The third kappa shape index (κ3) is 2.84. The molecule has 0 aliphatic heterocycles. The zero-order chi connectivity index (χ0) is 13.4.